The Kier molecular flexibility index (Phi) is 7.05. The largest absolute Gasteiger partial charge is 0.310 e. The Balaban J connectivity index is 2.76. The molecule has 0 saturated carbocycles. The first-order valence-electron chi connectivity index (χ1n) is 6.91. The van der Waals surface area contributed by atoms with E-state index >= 15 is 0 Å². The molecule has 1 N–H and O–H groups in total. The Morgan fingerprint density at radius 1 is 1.32 bits per heavy atom. The molecule has 2 atom stereocenters. The average molecular weight is 411 g/mol. The molecule has 0 spiro atoms. The predicted molar refractivity (Wildman–Crippen MR) is 94.0 cm³/mol. The highest BCUT2D eigenvalue weighted by atomic mass is 79.9. The number of hydrogen-bond donors (Lipinski definition) is 1. The number of halogens is 2. The fraction of sp³-hybridized carbons (Fsp3) is 0.733. The van der Waals surface area contributed by atoms with E-state index in [1.54, 1.807) is 11.3 Å². The molecule has 0 fully saturated rings. The fourth-order valence-corrected chi connectivity index (χ4v) is 5.66. The molecule has 19 heavy (non-hydrogen) atoms. The molecule has 0 radical (unpaired) electrons. The lowest BCUT2D eigenvalue weighted by Crippen LogP contribution is -2.24. The summed E-state index contributed by atoms with van der Waals surface area (Å²) in [5, 5.41) is 3.63. The molecule has 1 heterocycles. The summed E-state index contributed by atoms with van der Waals surface area (Å²) in [5.41, 5.74) is 1.79. The van der Waals surface area contributed by atoms with Crippen LogP contribution in [0.3, 0.4) is 0 Å². The topological polar surface area (TPSA) is 12.0 Å². The fourth-order valence-electron chi connectivity index (χ4n) is 2.69. The predicted octanol–water partition coefficient (Wildman–Crippen LogP) is 6.39. The van der Waals surface area contributed by atoms with Crippen LogP contribution in [0.1, 0.15) is 59.1 Å². The van der Waals surface area contributed by atoms with Gasteiger partial charge in [-0.1, -0.05) is 34.6 Å². The molecule has 1 rings (SSSR count). The molecule has 1 aromatic rings. The Morgan fingerprint density at radius 3 is 2.37 bits per heavy atom. The van der Waals surface area contributed by atoms with E-state index in [0.29, 0.717) is 11.5 Å². The van der Waals surface area contributed by atoms with Crippen LogP contribution < -0.4 is 5.32 Å². The van der Waals surface area contributed by atoms with Crippen LogP contribution in [0.2, 0.25) is 0 Å². The van der Waals surface area contributed by atoms with Gasteiger partial charge in [-0.15, -0.1) is 11.3 Å². The van der Waals surface area contributed by atoms with Crippen LogP contribution >= 0.6 is 43.2 Å². The second-order valence-corrected chi connectivity index (χ2v) is 10.2. The van der Waals surface area contributed by atoms with E-state index in [0.717, 1.165) is 12.5 Å². The van der Waals surface area contributed by atoms with E-state index < -0.39 is 0 Å². The zero-order valence-corrected chi connectivity index (χ0v) is 16.5. The number of rotatable bonds is 6. The molecule has 0 aliphatic carbocycles. The normalized spacial score (nSPS) is 15.5. The molecule has 0 bridgehead atoms. The summed E-state index contributed by atoms with van der Waals surface area (Å²) in [6.45, 7) is 12.5. The highest BCUT2D eigenvalue weighted by Gasteiger charge is 2.22. The van der Waals surface area contributed by atoms with E-state index in [4.69, 9.17) is 0 Å². The molecule has 0 aliphatic rings. The second-order valence-electron chi connectivity index (χ2n) is 6.50. The number of hydrogen-bond acceptors (Lipinski definition) is 2. The Bertz CT molecular complexity index is 395. The van der Waals surface area contributed by atoms with Crippen LogP contribution in [0, 0.1) is 11.3 Å². The van der Waals surface area contributed by atoms with Crippen molar-refractivity contribution in [2.45, 2.75) is 53.5 Å². The zero-order valence-electron chi connectivity index (χ0n) is 12.5. The van der Waals surface area contributed by atoms with Gasteiger partial charge in [0, 0.05) is 6.04 Å². The molecule has 0 amide bonds. The quantitative estimate of drug-likeness (QED) is 0.572. The van der Waals surface area contributed by atoms with Gasteiger partial charge >= 0.3 is 0 Å². The highest BCUT2D eigenvalue weighted by molar-refractivity contribution is 9.12. The van der Waals surface area contributed by atoms with Crippen LogP contribution in [0.5, 0.6) is 0 Å². The van der Waals surface area contributed by atoms with Crippen molar-refractivity contribution < 1.29 is 0 Å². The van der Waals surface area contributed by atoms with Crippen LogP contribution in [0.15, 0.2) is 13.6 Å². The zero-order chi connectivity index (χ0) is 14.6. The van der Waals surface area contributed by atoms with Crippen LogP contribution in [-0.4, -0.2) is 6.54 Å². The maximum atomic E-state index is 3.69. The molecule has 0 saturated heterocycles. The number of nitrogens with one attached hydrogen (secondary N) is 1. The lowest BCUT2D eigenvalue weighted by Gasteiger charge is -2.27. The molecule has 4 heteroatoms. The minimum absolute atomic E-state index is 0.405. The van der Waals surface area contributed by atoms with E-state index in [2.05, 4.69) is 77.9 Å². The van der Waals surface area contributed by atoms with Crippen LogP contribution in [0.4, 0.5) is 0 Å². The summed E-state index contributed by atoms with van der Waals surface area (Å²) >= 11 is 9.02. The van der Waals surface area contributed by atoms with Gasteiger partial charge in [0.1, 0.15) is 0 Å². The van der Waals surface area contributed by atoms with Crippen molar-refractivity contribution in [2.24, 2.45) is 11.3 Å². The maximum absolute atomic E-state index is 3.69. The van der Waals surface area contributed by atoms with Crippen molar-refractivity contribution in [1.29, 1.82) is 0 Å². The Morgan fingerprint density at radius 2 is 1.95 bits per heavy atom. The van der Waals surface area contributed by atoms with Crippen molar-refractivity contribution in [3.05, 3.63) is 19.2 Å². The van der Waals surface area contributed by atoms with Gasteiger partial charge in [-0.25, -0.2) is 0 Å². The lowest BCUT2D eigenvalue weighted by atomic mass is 9.82. The first kappa shape index (κ1) is 17.7. The molecule has 110 valence electrons. The number of thiophene rings is 1. The molecule has 2 unspecified atom stereocenters. The van der Waals surface area contributed by atoms with Gasteiger partial charge in [0.15, 0.2) is 0 Å². The van der Waals surface area contributed by atoms with Crippen LogP contribution in [-0.2, 0) is 0 Å². The summed E-state index contributed by atoms with van der Waals surface area (Å²) in [6, 6.07) is 2.69. The van der Waals surface area contributed by atoms with E-state index in [9.17, 15) is 0 Å². The van der Waals surface area contributed by atoms with Crippen molar-refractivity contribution in [3.63, 3.8) is 0 Å². The molecule has 1 aromatic heterocycles. The average Bonchev–Trinajstić information content (AvgIpc) is 2.54. The highest BCUT2D eigenvalue weighted by Crippen LogP contribution is 2.38. The van der Waals surface area contributed by atoms with Crippen LogP contribution in [0.25, 0.3) is 0 Å². The first-order valence-corrected chi connectivity index (χ1v) is 9.31. The summed E-state index contributed by atoms with van der Waals surface area (Å²) < 4.78 is 2.44. The maximum Gasteiger partial charge on any atom is 0.0758 e. The minimum Gasteiger partial charge on any atom is -0.310 e. The first-order chi connectivity index (χ1) is 8.73. The van der Waals surface area contributed by atoms with Crippen molar-refractivity contribution in [3.8, 4) is 0 Å². The summed E-state index contributed by atoms with van der Waals surface area (Å²) in [7, 11) is 0. The van der Waals surface area contributed by atoms with Gasteiger partial charge in [0.2, 0.25) is 0 Å². The van der Waals surface area contributed by atoms with Gasteiger partial charge in [0.05, 0.1) is 7.57 Å². The second kappa shape index (κ2) is 7.58. The van der Waals surface area contributed by atoms with Crippen molar-refractivity contribution in [1.82, 2.24) is 5.32 Å². The van der Waals surface area contributed by atoms with Gasteiger partial charge < -0.3 is 5.32 Å². The Labute approximate surface area is 138 Å². The monoisotopic (exact) mass is 409 g/mol. The van der Waals surface area contributed by atoms with E-state index in [1.807, 2.05) is 0 Å². The molecule has 0 aromatic carbocycles. The lowest BCUT2D eigenvalue weighted by molar-refractivity contribution is 0.276. The van der Waals surface area contributed by atoms with Crippen molar-refractivity contribution >= 4 is 43.2 Å². The van der Waals surface area contributed by atoms with Crippen molar-refractivity contribution in [2.75, 3.05) is 6.54 Å². The van der Waals surface area contributed by atoms with Gasteiger partial charge in [-0.3, -0.25) is 0 Å². The molecule has 1 nitrogen and oxygen atoms in total. The van der Waals surface area contributed by atoms with E-state index in [-0.39, 0.29) is 0 Å². The Hall–Kier alpha value is 0.620. The smallest absolute Gasteiger partial charge is 0.0758 e. The van der Waals surface area contributed by atoms with E-state index in [1.165, 1.54) is 26.0 Å². The van der Waals surface area contributed by atoms with Gasteiger partial charge in [-0.2, -0.15) is 0 Å². The summed E-state index contributed by atoms with van der Waals surface area (Å²) in [5.74, 6) is 0.717. The summed E-state index contributed by atoms with van der Waals surface area (Å²) in [4.78, 5) is 0. The van der Waals surface area contributed by atoms with Gasteiger partial charge in [0.25, 0.3) is 0 Å². The standard InChI is InChI=1S/C15H25Br2NS/c1-6-18-12(7-10(2)9-15(3,4)5)11-8-13(16)19-14(11)17/h8,10,12,18H,6-7,9H2,1-5H3. The van der Waals surface area contributed by atoms with Gasteiger partial charge in [-0.05, 0) is 74.2 Å². The SMILES string of the molecule is CCNC(CC(C)CC(C)(C)C)c1cc(Br)sc1Br. The third-order valence-electron chi connectivity index (χ3n) is 3.11. The molecule has 0 aliphatic heterocycles. The minimum atomic E-state index is 0.405. The summed E-state index contributed by atoms with van der Waals surface area (Å²) in [6.07, 6.45) is 2.45. The third-order valence-corrected chi connectivity index (χ3v) is 5.49. The molecular weight excluding hydrogens is 386 g/mol. The third kappa shape index (κ3) is 6.28. The molecular formula is C15H25Br2NS.